The van der Waals surface area contributed by atoms with Crippen LogP contribution in [-0.4, -0.2) is 35.3 Å². The van der Waals surface area contributed by atoms with Crippen molar-refractivity contribution >= 4 is 15.9 Å². The molecule has 0 aromatic heterocycles. The van der Waals surface area contributed by atoms with E-state index in [2.05, 4.69) is 27.5 Å². The molecule has 0 fully saturated rings. The van der Waals surface area contributed by atoms with Crippen LogP contribution in [0.2, 0.25) is 0 Å². The van der Waals surface area contributed by atoms with E-state index in [-0.39, 0.29) is 11.4 Å². The van der Waals surface area contributed by atoms with Crippen LogP contribution in [0.25, 0.3) is 0 Å². The van der Waals surface area contributed by atoms with Crippen molar-refractivity contribution in [3.05, 3.63) is 47.8 Å². The molecule has 16 heteroatoms. The summed E-state index contributed by atoms with van der Waals surface area (Å²) >= 11 is 0. The number of nitrogens with two attached hydrogens (primary N) is 4. The summed E-state index contributed by atoms with van der Waals surface area (Å²) in [5.74, 6) is 16.0. The third-order valence-corrected chi connectivity index (χ3v) is 5.29. The molecule has 13 N–H and O–H groups in total. The molecule has 2 rings (SSSR count). The van der Waals surface area contributed by atoms with Gasteiger partial charge in [-0.15, -0.1) is 5.12 Å². The van der Waals surface area contributed by atoms with Gasteiger partial charge in [-0.3, -0.25) is 28.4 Å². The number of carbonyl (C=O) groups is 1. The highest BCUT2D eigenvalue weighted by Crippen LogP contribution is 2.23. The van der Waals surface area contributed by atoms with Gasteiger partial charge in [-0.05, 0) is 10.8 Å². The van der Waals surface area contributed by atoms with Gasteiger partial charge in [0, 0.05) is 0 Å². The molecule has 27 heavy (non-hydrogen) atoms. The highest BCUT2D eigenvalue weighted by Gasteiger charge is 2.43. The van der Waals surface area contributed by atoms with E-state index in [4.69, 9.17) is 23.3 Å². The highest BCUT2D eigenvalue weighted by molar-refractivity contribution is 7.91. The standard InChI is InChI=1S/C11H22N12O3S/c12-11(24)17-16-9-6-21(18-13)23(20-15)22(19-14)10(9)27(25,26)7-8-4-2-1-3-5-8/h1-6,10,16,18-20H,7,13-15H2,(H3,12,17,24). The molecule has 0 saturated carbocycles. The fourth-order valence-corrected chi connectivity index (χ4v) is 4.16. The molecule has 1 atom stereocenters. The predicted molar refractivity (Wildman–Crippen MR) is 94.3 cm³/mol. The van der Waals surface area contributed by atoms with E-state index in [0.717, 1.165) is 15.5 Å². The molecule has 0 bridgehead atoms. The van der Waals surface area contributed by atoms with E-state index in [1.54, 1.807) is 30.3 Å². The van der Waals surface area contributed by atoms with Crippen LogP contribution >= 0.6 is 0 Å². The van der Waals surface area contributed by atoms with Crippen LogP contribution in [0.4, 0.5) is 4.79 Å². The molecule has 1 heterocycles. The monoisotopic (exact) mass is 402 g/mol. The van der Waals surface area contributed by atoms with Gasteiger partial charge >= 0.3 is 6.03 Å². The van der Waals surface area contributed by atoms with Crippen molar-refractivity contribution in [2.75, 3.05) is 0 Å². The normalized spacial score (nSPS) is 18.9. The fraction of sp³-hybridized carbons (Fsp3) is 0.182. The number of primary amides is 1. The summed E-state index contributed by atoms with van der Waals surface area (Å²) in [5, 5.41) is 1.46. The van der Waals surface area contributed by atoms with Gasteiger partial charge in [0.25, 0.3) is 0 Å². The Bertz CT molecular complexity index is 772. The van der Waals surface area contributed by atoms with Gasteiger partial charge < -0.3 is 5.73 Å². The Balaban J connectivity index is 2.46. The Morgan fingerprint density at radius 2 is 1.74 bits per heavy atom. The summed E-state index contributed by atoms with van der Waals surface area (Å²) in [6.45, 7) is 0. The lowest BCUT2D eigenvalue weighted by atomic mass is 10.2. The molecule has 1 aromatic carbocycles. The third-order valence-electron chi connectivity index (χ3n) is 3.42. The maximum atomic E-state index is 13.1. The van der Waals surface area contributed by atoms with E-state index >= 15 is 0 Å². The molecule has 2 amide bonds. The number of carbonyl (C=O) groups excluding carboxylic acids is 1. The van der Waals surface area contributed by atoms with Crippen molar-refractivity contribution < 1.29 is 13.2 Å². The highest BCUT2D eigenvalue weighted by atomic mass is 32.2. The number of rotatable bonds is 8. The van der Waals surface area contributed by atoms with Crippen molar-refractivity contribution in [3.63, 3.8) is 0 Å². The van der Waals surface area contributed by atoms with Gasteiger partial charge in [0.15, 0.2) is 15.2 Å². The van der Waals surface area contributed by atoms with Crippen LogP contribution in [0, 0.1) is 0 Å². The molecule has 0 spiro atoms. The predicted octanol–water partition coefficient (Wildman–Crippen LogP) is -4.17. The lowest BCUT2D eigenvalue weighted by molar-refractivity contribution is -0.259. The molecule has 150 valence electrons. The number of hydrogen-bond acceptors (Lipinski definition) is 13. The number of benzene rings is 1. The summed E-state index contributed by atoms with van der Waals surface area (Å²) in [4.78, 5) is 11.0. The quantitative estimate of drug-likeness (QED) is 0.149. The average molecular weight is 402 g/mol. The maximum absolute atomic E-state index is 13.1. The first-order chi connectivity index (χ1) is 12.8. The number of amides is 2. The van der Waals surface area contributed by atoms with Gasteiger partial charge in [0.1, 0.15) is 0 Å². The fourth-order valence-electron chi connectivity index (χ4n) is 2.38. The molecule has 1 unspecified atom stereocenters. The molecule has 0 aliphatic carbocycles. The Morgan fingerprint density at radius 3 is 2.26 bits per heavy atom. The second-order valence-corrected chi connectivity index (χ2v) is 7.27. The lowest BCUT2D eigenvalue weighted by Gasteiger charge is -2.45. The number of hydrogen-bond donors (Lipinski definition) is 9. The molecule has 0 radical (unpaired) electrons. The minimum atomic E-state index is -3.94. The smallest absolute Gasteiger partial charge is 0.330 e. The lowest BCUT2D eigenvalue weighted by Crippen LogP contribution is -2.75. The molecule has 0 saturated heterocycles. The Labute approximate surface area is 154 Å². The van der Waals surface area contributed by atoms with Gasteiger partial charge in [-0.1, -0.05) is 30.3 Å². The van der Waals surface area contributed by atoms with Crippen LogP contribution in [0.3, 0.4) is 0 Å². The number of sulfone groups is 1. The zero-order chi connectivity index (χ0) is 20.0. The van der Waals surface area contributed by atoms with E-state index in [9.17, 15) is 13.2 Å². The number of nitrogens with zero attached hydrogens (tertiary/aromatic N) is 3. The summed E-state index contributed by atoms with van der Waals surface area (Å²) in [5.41, 5.74) is 16.7. The molecule has 15 nitrogen and oxygen atoms in total. The molecule has 1 aliphatic rings. The number of nitrogens with one attached hydrogen (secondary N) is 5. The van der Waals surface area contributed by atoms with E-state index in [1.165, 1.54) is 6.20 Å². The van der Waals surface area contributed by atoms with Gasteiger partial charge in [-0.2, -0.15) is 16.6 Å². The van der Waals surface area contributed by atoms with Crippen LogP contribution in [0.1, 0.15) is 5.56 Å². The molecular weight excluding hydrogens is 380 g/mol. The first-order valence-corrected chi connectivity index (χ1v) is 9.11. The molecular formula is C11H22N12O3S. The van der Waals surface area contributed by atoms with Crippen molar-refractivity contribution in [1.29, 1.82) is 0 Å². The zero-order valence-corrected chi connectivity index (χ0v) is 14.8. The second kappa shape index (κ2) is 8.90. The van der Waals surface area contributed by atoms with Crippen molar-refractivity contribution in [1.82, 2.24) is 42.9 Å². The van der Waals surface area contributed by atoms with Crippen molar-refractivity contribution in [2.45, 2.75) is 11.1 Å². The average Bonchev–Trinajstić information content (AvgIpc) is 2.65. The minimum Gasteiger partial charge on any atom is -0.350 e. The van der Waals surface area contributed by atoms with Gasteiger partial charge in [-0.25, -0.2) is 18.3 Å². The Morgan fingerprint density at radius 1 is 1.07 bits per heavy atom. The van der Waals surface area contributed by atoms with Crippen LogP contribution in [-0.2, 0) is 15.6 Å². The first-order valence-electron chi connectivity index (χ1n) is 7.40. The summed E-state index contributed by atoms with van der Waals surface area (Å²) in [6, 6.07) is 7.56. The van der Waals surface area contributed by atoms with Gasteiger partial charge in [0.05, 0.1) is 17.6 Å². The van der Waals surface area contributed by atoms with E-state index in [1.807, 2.05) is 0 Å². The Hall–Kier alpha value is -2.54. The van der Waals surface area contributed by atoms with E-state index in [0.29, 0.717) is 5.56 Å². The zero-order valence-electron chi connectivity index (χ0n) is 14.0. The molecule has 1 aliphatic heterocycles. The van der Waals surface area contributed by atoms with Crippen molar-refractivity contribution in [2.24, 2.45) is 23.3 Å². The van der Waals surface area contributed by atoms with Crippen LogP contribution in [0.5, 0.6) is 0 Å². The SMILES string of the molecule is NNN1C=C(NNC(N)=O)C(S(=O)(=O)Cc2ccccc2)N(NN)N1NN. The van der Waals surface area contributed by atoms with E-state index < -0.39 is 21.2 Å². The summed E-state index contributed by atoms with van der Waals surface area (Å²) < 4.78 is 26.2. The number of hydrazine groups is 9. The maximum Gasteiger partial charge on any atom is 0.330 e. The second-order valence-electron chi connectivity index (χ2n) is 5.21. The largest absolute Gasteiger partial charge is 0.350 e. The third kappa shape index (κ3) is 4.80. The minimum absolute atomic E-state index is 0.0351. The van der Waals surface area contributed by atoms with Crippen LogP contribution in [0.15, 0.2) is 42.2 Å². The number of urea groups is 1. The van der Waals surface area contributed by atoms with Crippen LogP contribution < -0.4 is 50.7 Å². The van der Waals surface area contributed by atoms with Crippen molar-refractivity contribution in [3.8, 4) is 0 Å². The first kappa shape index (κ1) is 20.8. The summed E-state index contributed by atoms with van der Waals surface area (Å²) in [7, 11) is -3.94. The van der Waals surface area contributed by atoms with Gasteiger partial charge in [0.2, 0.25) is 0 Å². The Kier molecular flexibility index (Phi) is 6.85. The summed E-state index contributed by atoms with van der Waals surface area (Å²) in [6.07, 6.45) is 1.22. The topological polar surface area (TPSA) is 225 Å². The molecule has 1 aromatic rings.